The number of carbonyl (C=O) groups is 1. The van der Waals surface area contributed by atoms with E-state index < -0.39 is 0 Å². The third-order valence-corrected chi connectivity index (χ3v) is 6.87. The SMILES string of the molecule is CC(=O)OCCCN1CCN(C2Cc3ccccc3Sc3ccccc32)CC1. The summed E-state index contributed by atoms with van der Waals surface area (Å²) in [4.78, 5) is 18.8. The number of piperazine rings is 1. The van der Waals surface area contributed by atoms with Crippen molar-refractivity contribution in [3.05, 3.63) is 59.7 Å². The van der Waals surface area contributed by atoms with Crippen molar-refractivity contribution in [1.82, 2.24) is 9.80 Å². The molecule has 5 heteroatoms. The predicted molar refractivity (Wildman–Crippen MR) is 113 cm³/mol. The third kappa shape index (κ3) is 4.59. The highest BCUT2D eigenvalue weighted by Crippen LogP contribution is 2.42. The van der Waals surface area contributed by atoms with Gasteiger partial charge in [0, 0.05) is 55.5 Å². The molecule has 2 aliphatic rings. The van der Waals surface area contributed by atoms with Crippen molar-refractivity contribution >= 4 is 17.7 Å². The second-order valence-electron chi connectivity index (χ2n) is 7.54. The zero-order chi connectivity index (χ0) is 19.3. The van der Waals surface area contributed by atoms with E-state index >= 15 is 0 Å². The first-order valence-corrected chi connectivity index (χ1v) is 11.0. The molecular weight excluding hydrogens is 368 g/mol. The van der Waals surface area contributed by atoms with Crippen LogP contribution in [-0.2, 0) is 16.0 Å². The first-order valence-electron chi connectivity index (χ1n) is 10.1. The molecule has 1 fully saturated rings. The van der Waals surface area contributed by atoms with Crippen molar-refractivity contribution < 1.29 is 9.53 Å². The average Bonchev–Trinajstić information content (AvgIpc) is 2.88. The highest BCUT2D eigenvalue weighted by molar-refractivity contribution is 7.99. The zero-order valence-corrected chi connectivity index (χ0v) is 17.3. The first kappa shape index (κ1) is 19.5. The molecule has 2 aromatic rings. The van der Waals surface area contributed by atoms with Gasteiger partial charge in [0.15, 0.2) is 0 Å². The maximum absolute atomic E-state index is 10.9. The van der Waals surface area contributed by atoms with Gasteiger partial charge in [0.1, 0.15) is 0 Å². The molecule has 1 unspecified atom stereocenters. The Morgan fingerprint density at radius 3 is 2.54 bits per heavy atom. The maximum atomic E-state index is 10.9. The smallest absolute Gasteiger partial charge is 0.302 e. The molecule has 0 amide bonds. The van der Waals surface area contributed by atoms with Gasteiger partial charge in [0.2, 0.25) is 0 Å². The molecule has 28 heavy (non-hydrogen) atoms. The van der Waals surface area contributed by atoms with Gasteiger partial charge in [0.05, 0.1) is 6.61 Å². The van der Waals surface area contributed by atoms with Gasteiger partial charge >= 0.3 is 5.97 Å². The maximum Gasteiger partial charge on any atom is 0.302 e. The van der Waals surface area contributed by atoms with Gasteiger partial charge < -0.3 is 9.64 Å². The van der Waals surface area contributed by atoms with Crippen molar-refractivity contribution in [2.75, 3.05) is 39.3 Å². The van der Waals surface area contributed by atoms with Crippen LogP contribution in [0.25, 0.3) is 0 Å². The molecular formula is C23H28N2O2S. The fourth-order valence-electron chi connectivity index (χ4n) is 4.19. The third-order valence-electron chi connectivity index (χ3n) is 5.66. The Bertz CT molecular complexity index is 818. The first-order chi connectivity index (χ1) is 13.7. The van der Waals surface area contributed by atoms with Crippen LogP contribution in [0.1, 0.15) is 30.5 Å². The minimum absolute atomic E-state index is 0.185. The lowest BCUT2D eigenvalue weighted by Crippen LogP contribution is -2.48. The topological polar surface area (TPSA) is 32.8 Å². The van der Waals surface area contributed by atoms with Crippen LogP contribution in [0.5, 0.6) is 0 Å². The second kappa shape index (κ2) is 9.12. The van der Waals surface area contributed by atoms with Gasteiger partial charge in [-0.1, -0.05) is 48.2 Å². The van der Waals surface area contributed by atoms with E-state index in [4.69, 9.17) is 4.74 Å². The van der Waals surface area contributed by atoms with Gasteiger partial charge in [-0.15, -0.1) is 0 Å². The molecule has 4 nitrogen and oxygen atoms in total. The molecule has 2 aromatic carbocycles. The number of fused-ring (bicyclic) bond motifs is 2. The number of benzene rings is 2. The lowest BCUT2D eigenvalue weighted by molar-refractivity contribution is -0.141. The summed E-state index contributed by atoms with van der Waals surface area (Å²) in [6.07, 6.45) is 1.99. The number of hydrogen-bond donors (Lipinski definition) is 0. The van der Waals surface area contributed by atoms with E-state index in [1.54, 1.807) is 0 Å². The molecule has 0 aliphatic carbocycles. The minimum atomic E-state index is -0.185. The number of carbonyl (C=O) groups excluding carboxylic acids is 1. The molecule has 0 spiro atoms. The summed E-state index contributed by atoms with van der Waals surface area (Å²) in [6.45, 7) is 7.32. The normalized spacial score (nSPS) is 20.1. The largest absolute Gasteiger partial charge is 0.466 e. The van der Waals surface area contributed by atoms with Gasteiger partial charge in [-0.3, -0.25) is 9.69 Å². The van der Waals surface area contributed by atoms with Crippen molar-refractivity contribution in [1.29, 1.82) is 0 Å². The van der Waals surface area contributed by atoms with Crippen molar-refractivity contribution in [2.45, 2.75) is 35.6 Å². The van der Waals surface area contributed by atoms with Crippen LogP contribution < -0.4 is 0 Å². The highest BCUT2D eigenvalue weighted by Gasteiger charge is 2.29. The van der Waals surface area contributed by atoms with Crippen LogP contribution in [0.3, 0.4) is 0 Å². The van der Waals surface area contributed by atoms with Gasteiger partial charge in [0.25, 0.3) is 0 Å². The molecule has 0 radical (unpaired) electrons. The fourth-order valence-corrected chi connectivity index (χ4v) is 5.32. The Labute approximate surface area is 171 Å². The summed E-state index contributed by atoms with van der Waals surface area (Å²) in [5.41, 5.74) is 2.92. The van der Waals surface area contributed by atoms with E-state index in [2.05, 4.69) is 58.3 Å². The Kier molecular flexibility index (Phi) is 6.35. The van der Waals surface area contributed by atoms with Crippen LogP contribution >= 0.6 is 11.8 Å². The van der Waals surface area contributed by atoms with Crippen LogP contribution in [-0.4, -0.2) is 55.1 Å². The standard InChI is InChI=1S/C23H28N2O2S/c1-18(26)27-16-6-11-24-12-14-25(15-13-24)21-17-19-7-2-4-9-22(19)28-23-10-5-3-8-20(21)23/h2-5,7-10,21H,6,11-17H2,1H3. The molecule has 148 valence electrons. The van der Waals surface area contributed by atoms with Crippen molar-refractivity contribution in [2.24, 2.45) is 0 Å². The average molecular weight is 397 g/mol. The number of hydrogen-bond acceptors (Lipinski definition) is 5. The van der Waals surface area contributed by atoms with Crippen LogP contribution in [0.15, 0.2) is 58.3 Å². The predicted octanol–water partition coefficient (Wildman–Crippen LogP) is 4.01. The van der Waals surface area contributed by atoms with E-state index in [1.807, 2.05) is 11.8 Å². The Morgan fingerprint density at radius 2 is 1.75 bits per heavy atom. The Balaban J connectivity index is 1.42. The summed E-state index contributed by atoms with van der Waals surface area (Å²) in [5.74, 6) is -0.185. The number of ether oxygens (including phenoxy) is 1. The summed E-state index contributed by atoms with van der Waals surface area (Å²) in [7, 11) is 0. The summed E-state index contributed by atoms with van der Waals surface area (Å²) in [5, 5.41) is 0. The van der Waals surface area contributed by atoms with Gasteiger partial charge in [-0.05, 0) is 36.1 Å². The molecule has 0 aromatic heterocycles. The molecule has 0 N–H and O–H groups in total. The molecule has 1 saturated heterocycles. The molecule has 4 rings (SSSR count). The quantitative estimate of drug-likeness (QED) is 0.563. The minimum Gasteiger partial charge on any atom is -0.466 e. The second-order valence-corrected chi connectivity index (χ2v) is 8.62. The number of nitrogens with zero attached hydrogens (tertiary/aromatic N) is 2. The molecule has 0 bridgehead atoms. The van der Waals surface area contributed by atoms with Crippen LogP contribution in [0.2, 0.25) is 0 Å². The summed E-state index contributed by atoms with van der Waals surface area (Å²) >= 11 is 1.91. The fraction of sp³-hybridized carbons (Fsp3) is 0.435. The summed E-state index contributed by atoms with van der Waals surface area (Å²) in [6, 6.07) is 18.2. The van der Waals surface area contributed by atoms with E-state index in [0.29, 0.717) is 12.6 Å². The molecule has 1 atom stereocenters. The Hall–Kier alpha value is -1.82. The lowest BCUT2D eigenvalue weighted by Gasteiger charge is -2.39. The van der Waals surface area contributed by atoms with Crippen molar-refractivity contribution in [3.63, 3.8) is 0 Å². The monoisotopic (exact) mass is 396 g/mol. The number of esters is 1. The van der Waals surface area contributed by atoms with E-state index in [1.165, 1.54) is 27.8 Å². The van der Waals surface area contributed by atoms with Crippen molar-refractivity contribution in [3.8, 4) is 0 Å². The highest BCUT2D eigenvalue weighted by atomic mass is 32.2. The Morgan fingerprint density at radius 1 is 1.04 bits per heavy atom. The number of rotatable bonds is 5. The van der Waals surface area contributed by atoms with Gasteiger partial charge in [-0.2, -0.15) is 0 Å². The van der Waals surface area contributed by atoms with E-state index in [0.717, 1.165) is 45.6 Å². The van der Waals surface area contributed by atoms with E-state index in [9.17, 15) is 4.79 Å². The van der Waals surface area contributed by atoms with Crippen LogP contribution in [0.4, 0.5) is 0 Å². The van der Waals surface area contributed by atoms with Gasteiger partial charge in [-0.25, -0.2) is 0 Å². The zero-order valence-electron chi connectivity index (χ0n) is 16.5. The molecule has 2 aliphatic heterocycles. The lowest BCUT2D eigenvalue weighted by atomic mass is 9.96. The van der Waals surface area contributed by atoms with E-state index in [-0.39, 0.29) is 5.97 Å². The van der Waals surface area contributed by atoms with Crippen LogP contribution in [0, 0.1) is 0 Å². The molecule has 2 heterocycles. The summed E-state index contributed by atoms with van der Waals surface area (Å²) < 4.78 is 5.06. The molecule has 0 saturated carbocycles.